The van der Waals surface area contributed by atoms with Crippen LogP contribution in [0.5, 0.6) is 0 Å². The molecule has 0 radical (unpaired) electrons. The predicted molar refractivity (Wildman–Crippen MR) is 92.0 cm³/mol. The Morgan fingerprint density at radius 2 is 0.833 bits per heavy atom. The molecule has 0 fully saturated rings. The van der Waals surface area contributed by atoms with Crippen molar-refractivity contribution in [1.82, 2.24) is 0 Å². The van der Waals surface area contributed by atoms with Gasteiger partial charge in [0.15, 0.2) is 0 Å². The molecule has 18 heavy (non-hydrogen) atoms. The second-order valence-electron chi connectivity index (χ2n) is 9.42. The third kappa shape index (κ3) is 3.78. The Morgan fingerprint density at radius 1 is 0.611 bits per heavy atom. The van der Waals surface area contributed by atoms with E-state index in [0.717, 1.165) is 0 Å². The molecule has 0 aliphatic carbocycles. The van der Waals surface area contributed by atoms with Crippen molar-refractivity contribution in [3.05, 3.63) is 0 Å². The quantitative estimate of drug-likeness (QED) is 0.368. The fraction of sp³-hybridized carbons (Fsp3) is 1.00. The number of rotatable bonds is 1. The van der Waals surface area contributed by atoms with Crippen LogP contribution in [0.15, 0.2) is 2.97 Å². The number of hydrogen-bond acceptors (Lipinski definition) is 1. The number of hydrogen-bond donors (Lipinski definition) is 0. The predicted octanol–water partition coefficient (Wildman–Crippen LogP) is 6.42. The third-order valence-electron chi connectivity index (χ3n) is 3.36. The summed E-state index contributed by atoms with van der Waals surface area (Å²) in [6.07, 6.45) is 0. The summed E-state index contributed by atoms with van der Waals surface area (Å²) in [6, 6.07) is 0. The first-order chi connectivity index (χ1) is 7.46. The Balaban J connectivity index is 6.59. The summed E-state index contributed by atoms with van der Waals surface area (Å²) in [5, 5.41) is 0.856. The van der Waals surface area contributed by atoms with E-state index in [1.165, 1.54) is 0 Å². The van der Waals surface area contributed by atoms with Gasteiger partial charge in [0.1, 0.15) is 0 Å². The summed E-state index contributed by atoms with van der Waals surface area (Å²) < 4.78 is 5.68. The fourth-order valence-corrected chi connectivity index (χ4v) is 27.2. The molecule has 0 aromatic rings. The van der Waals surface area contributed by atoms with Crippen molar-refractivity contribution in [2.24, 2.45) is 2.97 Å². The van der Waals surface area contributed by atoms with E-state index < -0.39 is 25.7 Å². The molecule has 0 N–H and O–H groups in total. The van der Waals surface area contributed by atoms with Gasteiger partial charge in [0.05, 0.1) is 0 Å². The van der Waals surface area contributed by atoms with Gasteiger partial charge in [-0.1, -0.05) is 0 Å². The van der Waals surface area contributed by atoms with E-state index in [1.807, 2.05) is 0 Å². The standard InChI is InChI=1S/C12H27NP.3CH3.Sn/c1-10(2,3)14(13,11(4,5)6)12(7,8)9;;;;/h1-9H3;3*1H3;/q-1;;;;+1. The summed E-state index contributed by atoms with van der Waals surface area (Å²) in [6.45, 7) is 21.7. The van der Waals surface area contributed by atoms with Crippen molar-refractivity contribution in [3.8, 4) is 0 Å². The first-order valence-electron chi connectivity index (χ1n) is 7.09. The van der Waals surface area contributed by atoms with Crippen LogP contribution in [-0.4, -0.2) is 34.1 Å². The third-order valence-corrected chi connectivity index (χ3v) is 17.8. The fourth-order valence-electron chi connectivity index (χ4n) is 3.92. The molecule has 110 valence electrons. The second-order valence-corrected chi connectivity index (χ2v) is 29.0. The van der Waals surface area contributed by atoms with Crippen LogP contribution in [0.1, 0.15) is 62.3 Å². The van der Waals surface area contributed by atoms with Gasteiger partial charge in [0.2, 0.25) is 0 Å². The first-order valence-corrected chi connectivity index (χ1v) is 18.7. The molecule has 0 amide bonds. The Labute approximate surface area is 121 Å². The van der Waals surface area contributed by atoms with E-state index in [-0.39, 0.29) is 15.5 Å². The molecule has 0 bridgehead atoms. The molecule has 1 nitrogen and oxygen atoms in total. The summed E-state index contributed by atoms with van der Waals surface area (Å²) in [7, 11) is -1.45. The summed E-state index contributed by atoms with van der Waals surface area (Å²) in [5.41, 5.74) is 0. The average molecular weight is 380 g/mol. The van der Waals surface area contributed by atoms with Crippen LogP contribution in [0.25, 0.3) is 0 Å². The van der Waals surface area contributed by atoms with Gasteiger partial charge in [-0.3, -0.25) is 0 Å². The molecule has 0 spiro atoms. The van der Waals surface area contributed by atoms with Crippen molar-refractivity contribution >= 4 is 25.7 Å². The van der Waals surface area contributed by atoms with E-state index in [9.17, 15) is 0 Å². The van der Waals surface area contributed by atoms with Crippen molar-refractivity contribution in [3.63, 3.8) is 0 Å². The van der Waals surface area contributed by atoms with Crippen LogP contribution in [-0.2, 0) is 0 Å². The van der Waals surface area contributed by atoms with Crippen LogP contribution < -0.4 is 0 Å². The van der Waals surface area contributed by atoms with Crippen molar-refractivity contribution in [2.75, 3.05) is 0 Å². The van der Waals surface area contributed by atoms with E-state index in [4.69, 9.17) is 2.97 Å². The van der Waals surface area contributed by atoms with Gasteiger partial charge in [-0.15, -0.1) is 0 Å². The summed E-state index contributed by atoms with van der Waals surface area (Å²) in [4.78, 5) is 7.35. The zero-order chi connectivity index (χ0) is 15.2. The molecule has 0 saturated carbocycles. The molecule has 0 aliphatic rings. The van der Waals surface area contributed by atoms with Crippen LogP contribution in [0.2, 0.25) is 14.8 Å². The molecule has 0 atom stereocenters. The zero-order valence-corrected chi connectivity index (χ0v) is 18.6. The van der Waals surface area contributed by atoms with E-state index >= 15 is 0 Å². The Hall–Kier alpha value is 1.03. The molecule has 3 heteroatoms. The van der Waals surface area contributed by atoms with E-state index in [0.29, 0.717) is 0 Å². The van der Waals surface area contributed by atoms with Crippen molar-refractivity contribution < 1.29 is 0 Å². The minimum atomic E-state index is -2.20. The zero-order valence-electron chi connectivity index (χ0n) is 14.9. The summed E-state index contributed by atoms with van der Waals surface area (Å²) in [5.74, 6) is 0. The first kappa shape index (κ1) is 19.0. The molecule has 0 aromatic heterocycles. The van der Waals surface area contributed by atoms with Crippen LogP contribution in [0.4, 0.5) is 0 Å². The molecule has 0 saturated heterocycles. The van der Waals surface area contributed by atoms with Gasteiger partial charge in [-0.05, 0) is 0 Å². The van der Waals surface area contributed by atoms with Gasteiger partial charge in [-0.2, -0.15) is 0 Å². The Morgan fingerprint density at radius 3 is 0.889 bits per heavy atom. The minimum absolute atomic E-state index is 0.285. The van der Waals surface area contributed by atoms with Crippen molar-refractivity contribution in [2.45, 2.75) is 92.6 Å². The normalized spacial score (nSPS) is 15.8. The number of nitrogens with zero attached hydrogens (tertiary/aromatic N) is 1. The van der Waals surface area contributed by atoms with Gasteiger partial charge in [0.25, 0.3) is 0 Å². The Bertz CT molecular complexity index is 300. The van der Waals surface area contributed by atoms with Crippen LogP contribution >= 0.6 is 7.05 Å². The molecular formula is C15H36NPSn. The second kappa shape index (κ2) is 5.10. The van der Waals surface area contributed by atoms with Crippen LogP contribution in [0, 0.1) is 0 Å². The monoisotopic (exact) mass is 381 g/mol. The topological polar surface area (TPSA) is 12.4 Å². The van der Waals surface area contributed by atoms with Gasteiger partial charge >= 0.3 is 121 Å². The van der Waals surface area contributed by atoms with Gasteiger partial charge < -0.3 is 0 Å². The molecule has 0 aromatic carbocycles. The maximum atomic E-state index is 5.68. The molecular weight excluding hydrogens is 344 g/mol. The molecule has 0 unspecified atom stereocenters. The molecule has 0 aliphatic heterocycles. The maximum absolute atomic E-state index is 5.68. The molecule has 0 heterocycles. The van der Waals surface area contributed by atoms with Gasteiger partial charge in [0, 0.05) is 0 Å². The van der Waals surface area contributed by atoms with Crippen LogP contribution in [0.3, 0.4) is 0 Å². The average Bonchev–Trinajstić information content (AvgIpc) is 1.90. The van der Waals surface area contributed by atoms with E-state index in [1.54, 1.807) is 0 Å². The SMILES string of the molecule is CC(C)(C)P(=[N][Sn]([CH3])([CH3])[CH3])(C(C)(C)C)C(C)(C)C. The van der Waals surface area contributed by atoms with E-state index in [2.05, 4.69) is 77.1 Å². The molecule has 0 rings (SSSR count). The summed E-state index contributed by atoms with van der Waals surface area (Å²) >= 11 is -2.20. The van der Waals surface area contributed by atoms with Gasteiger partial charge in [-0.25, -0.2) is 0 Å². The van der Waals surface area contributed by atoms with Crippen molar-refractivity contribution in [1.29, 1.82) is 0 Å². The Kier molecular flexibility index (Phi) is 5.39.